The van der Waals surface area contributed by atoms with Gasteiger partial charge < -0.3 is 4.74 Å². The van der Waals surface area contributed by atoms with Gasteiger partial charge in [0.1, 0.15) is 0 Å². The molecule has 0 saturated heterocycles. The van der Waals surface area contributed by atoms with E-state index in [1.807, 2.05) is 18.7 Å². The van der Waals surface area contributed by atoms with Crippen LogP contribution in [0, 0.1) is 0 Å². The molecule has 0 fully saturated rings. The third kappa shape index (κ3) is 2.58. The summed E-state index contributed by atoms with van der Waals surface area (Å²) in [6.07, 6.45) is 1.97. The Bertz CT molecular complexity index is 305. The van der Waals surface area contributed by atoms with Crippen LogP contribution in [0.4, 0.5) is 0 Å². The number of aromatic nitrogens is 3. The zero-order valence-electron chi connectivity index (χ0n) is 8.73. The average Bonchev–Trinajstić information content (AvgIpc) is 2.44. The quantitative estimate of drug-likeness (QED) is 0.335. The zero-order chi connectivity index (χ0) is 10.6. The molecule has 0 bridgehead atoms. The van der Waals surface area contributed by atoms with E-state index in [4.69, 9.17) is 4.74 Å². The van der Waals surface area contributed by atoms with Crippen LogP contribution in [0.3, 0.4) is 0 Å². The van der Waals surface area contributed by atoms with Crippen LogP contribution in [0.5, 0.6) is 0 Å². The number of nitrogens with zero attached hydrogens (tertiary/aromatic N) is 3. The van der Waals surface area contributed by atoms with Gasteiger partial charge in [0.2, 0.25) is 0 Å². The van der Waals surface area contributed by atoms with Gasteiger partial charge in [-0.05, 0) is 12.6 Å². The van der Waals surface area contributed by atoms with Gasteiger partial charge in [-0.1, -0.05) is 0 Å². The molecule has 2 radical (unpaired) electrons. The molecule has 0 atom stereocenters. The van der Waals surface area contributed by atoms with E-state index in [9.17, 15) is 4.79 Å². The second-order valence-corrected chi connectivity index (χ2v) is 2.94. The van der Waals surface area contributed by atoms with E-state index in [-0.39, 0.29) is 12.3 Å². The van der Waals surface area contributed by atoms with Crippen molar-refractivity contribution in [3.63, 3.8) is 0 Å². The Morgan fingerprint density at radius 2 is 2.50 bits per heavy atom. The molecule has 0 aliphatic carbocycles. The minimum absolute atomic E-state index is 0.214. The first kappa shape index (κ1) is 10.8. The summed E-state index contributed by atoms with van der Waals surface area (Å²) in [4.78, 5) is 11.1. The Morgan fingerprint density at radius 1 is 1.79 bits per heavy atom. The lowest BCUT2D eigenvalue weighted by atomic mass is 9.73. The molecule has 1 heterocycles. The summed E-state index contributed by atoms with van der Waals surface area (Å²) in [5.41, 5.74) is 0.887. The van der Waals surface area contributed by atoms with Gasteiger partial charge in [0.25, 0.3) is 12.3 Å². The van der Waals surface area contributed by atoms with Gasteiger partial charge in [-0.15, -0.1) is 6.32 Å². The molecule has 0 spiro atoms. The van der Waals surface area contributed by atoms with E-state index in [1.54, 1.807) is 25.2 Å². The third-order valence-corrected chi connectivity index (χ3v) is 1.85. The molecule has 1 aromatic heterocycles. The van der Waals surface area contributed by atoms with Crippen LogP contribution in [-0.2, 0) is 23.6 Å². The fraction of sp³-hybridized carbons (Fsp3) is 0.625. The second kappa shape index (κ2) is 4.78. The van der Waals surface area contributed by atoms with Gasteiger partial charge in [0, 0.05) is 5.10 Å². The minimum atomic E-state index is -0.214. The molecule has 6 heteroatoms. The molecule has 1 aromatic rings. The molecule has 0 N–H and O–H groups in total. The summed E-state index contributed by atoms with van der Waals surface area (Å²) in [6.45, 7) is 2.21. The first-order valence-corrected chi connectivity index (χ1v) is 4.51. The minimum Gasteiger partial charge on any atom is -0.468 e. The van der Waals surface area contributed by atoms with Crippen LogP contribution >= 0.6 is 0 Å². The maximum Gasteiger partial charge on any atom is 0.265 e. The van der Waals surface area contributed by atoms with Gasteiger partial charge in [0.15, 0.2) is 0 Å². The lowest BCUT2D eigenvalue weighted by Gasteiger charge is -2.10. The largest absolute Gasteiger partial charge is 0.468 e. The van der Waals surface area contributed by atoms with Crippen molar-refractivity contribution < 1.29 is 14.1 Å². The number of hydrogen-bond acceptors (Lipinski definition) is 3. The first-order chi connectivity index (χ1) is 6.65. The maximum absolute atomic E-state index is 11.1. The normalized spacial score (nSPS) is 10.2. The highest BCUT2D eigenvalue weighted by atomic mass is 16.5. The number of rotatable bonds is 4. The monoisotopic (exact) mass is 195 g/mol. The predicted octanol–water partition coefficient (Wildman–Crippen LogP) is -1.44. The van der Waals surface area contributed by atoms with Crippen molar-refractivity contribution in [3.8, 4) is 0 Å². The van der Waals surface area contributed by atoms with Gasteiger partial charge in [-0.25, -0.2) is 0 Å². The van der Waals surface area contributed by atoms with Crippen molar-refractivity contribution in [3.05, 3.63) is 6.33 Å². The fourth-order valence-electron chi connectivity index (χ4n) is 1.17. The van der Waals surface area contributed by atoms with Crippen molar-refractivity contribution in [2.24, 2.45) is 14.1 Å². The number of esters is 1. The van der Waals surface area contributed by atoms with Crippen molar-refractivity contribution in [1.29, 1.82) is 0 Å². The molecule has 0 saturated carbocycles. The van der Waals surface area contributed by atoms with Crippen molar-refractivity contribution in [2.75, 3.05) is 6.61 Å². The number of carbonyl (C=O) groups excluding carboxylic acids is 1. The number of hydrogen-bond donors (Lipinski definition) is 0. The highest BCUT2D eigenvalue weighted by Crippen LogP contribution is 1.84. The summed E-state index contributed by atoms with van der Waals surface area (Å²) >= 11 is 0. The van der Waals surface area contributed by atoms with Gasteiger partial charge >= 0.3 is 0 Å². The summed E-state index contributed by atoms with van der Waals surface area (Å²) in [5.74, 6) is -0.214. The summed E-state index contributed by atoms with van der Waals surface area (Å²) in [5, 5.41) is 4.04. The molecule has 0 unspecified atom stereocenters. The standard InChI is InChI=1S/C8H14BN3O2/c1-4-14-7(13)5-9-8-11(2)6-10-12(8)3/h6H,4-5H2,1-3H3. The van der Waals surface area contributed by atoms with E-state index < -0.39 is 0 Å². The van der Waals surface area contributed by atoms with Gasteiger partial charge in [-0.2, -0.15) is 12.0 Å². The molecule has 14 heavy (non-hydrogen) atoms. The Kier molecular flexibility index (Phi) is 3.68. The molecule has 0 amide bonds. The molecule has 0 aromatic carbocycles. The van der Waals surface area contributed by atoms with Crippen LogP contribution in [0.2, 0.25) is 6.32 Å². The van der Waals surface area contributed by atoms with Gasteiger partial charge in [0.05, 0.1) is 20.7 Å². The first-order valence-electron chi connectivity index (χ1n) is 4.51. The fourth-order valence-corrected chi connectivity index (χ4v) is 1.17. The van der Waals surface area contributed by atoms with Crippen LogP contribution in [-0.4, -0.2) is 29.6 Å². The Labute approximate surface area is 83.9 Å². The molecule has 0 aliphatic rings. The predicted molar refractivity (Wildman–Crippen MR) is 51.2 cm³/mol. The molecule has 0 aliphatic heterocycles. The molecular formula is C8H14BN3O2. The second-order valence-electron chi connectivity index (χ2n) is 2.94. The summed E-state index contributed by atoms with van der Waals surface area (Å²) in [6, 6.07) is 0. The highest BCUT2D eigenvalue weighted by molar-refractivity contribution is 6.54. The lowest BCUT2D eigenvalue weighted by molar-refractivity contribution is -0.654. The van der Waals surface area contributed by atoms with Crippen LogP contribution in [0.1, 0.15) is 6.92 Å². The molecule has 5 nitrogen and oxygen atoms in total. The Morgan fingerprint density at radius 3 is 3.00 bits per heavy atom. The number of carbonyl (C=O) groups is 1. The topological polar surface area (TPSA) is 48.0 Å². The van der Waals surface area contributed by atoms with E-state index in [1.165, 1.54) is 0 Å². The van der Waals surface area contributed by atoms with E-state index in [0.29, 0.717) is 6.61 Å². The average molecular weight is 195 g/mol. The summed E-state index contributed by atoms with van der Waals surface area (Å²) < 4.78 is 8.36. The highest BCUT2D eigenvalue weighted by Gasteiger charge is 2.02. The maximum atomic E-state index is 11.1. The zero-order valence-corrected chi connectivity index (χ0v) is 8.73. The SMILES string of the molecule is CCOC(=O)C[B-]c1n(C)nc[n+]1C. The van der Waals surface area contributed by atoms with Crippen molar-refractivity contribution >= 4 is 19.0 Å². The molecular weight excluding hydrogens is 181 g/mol. The Balaban J connectivity index is 2.49. The van der Waals surface area contributed by atoms with Gasteiger partial charge in [-0.3, -0.25) is 9.36 Å². The summed E-state index contributed by atoms with van der Waals surface area (Å²) in [7, 11) is 5.51. The molecule has 1 rings (SSSR count). The van der Waals surface area contributed by atoms with Crippen molar-refractivity contribution in [2.45, 2.75) is 13.2 Å². The van der Waals surface area contributed by atoms with Crippen LogP contribution in [0.25, 0.3) is 0 Å². The van der Waals surface area contributed by atoms with Crippen molar-refractivity contribution in [1.82, 2.24) is 9.78 Å². The van der Waals surface area contributed by atoms with E-state index in [2.05, 4.69) is 5.10 Å². The van der Waals surface area contributed by atoms with Crippen LogP contribution in [0.15, 0.2) is 6.33 Å². The number of aryl methyl sites for hydroxylation is 2. The number of ether oxygens (including phenoxy) is 1. The molecule has 76 valence electrons. The Hall–Kier alpha value is -1.33. The lowest BCUT2D eigenvalue weighted by Crippen LogP contribution is -2.50. The van der Waals surface area contributed by atoms with Crippen LogP contribution < -0.4 is 10.3 Å². The van der Waals surface area contributed by atoms with E-state index >= 15 is 0 Å². The smallest absolute Gasteiger partial charge is 0.265 e. The van der Waals surface area contributed by atoms with E-state index in [0.717, 1.165) is 5.72 Å². The third-order valence-electron chi connectivity index (χ3n) is 1.85.